The number of rotatable bonds is 4. The van der Waals surface area contributed by atoms with Gasteiger partial charge in [0, 0.05) is 28.7 Å². The second-order valence-electron chi connectivity index (χ2n) is 4.97. The van der Waals surface area contributed by atoms with Crippen LogP contribution in [0.4, 0.5) is 0 Å². The monoisotopic (exact) mass is 263 g/mol. The first-order valence-electron chi connectivity index (χ1n) is 6.25. The van der Waals surface area contributed by atoms with Crippen molar-refractivity contribution in [2.75, 3.05) is 7.05 Å². The quantitative estimate of drug-likeness (QED) is 0.914. The smallest absolute Gasteiger partial charge is 0.0641 e. The Labute approximate surface area is 113 Å². The Bertz CT molecular complexity index is 507. The molecule has 0 saturated carbocycles. The largest absolute Gasteiger partial charge is 0.294 e. The molecule has 0 amide bonds. The molecule has 1 unspecified atom stereocenters. The van der Waals surface area contributed by atoms with E-state index in [4.69, 9.17) is 0 Å². The Hall–Kier alpha value is -1.13. The van der Waals surface area contributed by atoms with Crippen LogP contribution in [0.2, 0.25) is 0 Å². The zero-order chi connectivity index (χ0) is 13.3. The molecule has 2 heterocycles. The molecule has 0 fully saturated rings. The van der Waals surface area contributed by atoms with Crippen molar-refractivity contribution >= 4 is 11.3 Å². The van der Waals surface area contributed by atoms with Gasteiger partial charge >= 0.3 is 0 Å². The molecule has 0 aromatic carbocycles. The summed E-state index contributed by atoms with van der Waals surface area (Å²) in [5.41, 5.74) is 5.00. The number of nitrogens with one attached hydrogen (secondary N) is 1. The zero-order valence-corrected chi connectivity index (χ0v) is 12.6. The van der Waals surface area contributed by atoms with Gasteiger partial charge in [-0.2, -0.15) is 5.10 Å². The van der Waals surface area contributed by atoms with Crippen molar-refractivity contribution in [2.45, 2.75) is 40.3 Å². The van der Waals surface area contributed by atoms with Crippen molar-refractivity contribution in [3.05, 3.63) is 38.8 Å². The first-order valence-corrected chi connectivity index (χ1v) is 7.13. The van der Waals surface area contributed by atoms with Gasteiger partial charge in [0.05, 0.1) is 5.69 Å². The normalized spacial score (nSPS) is 13.2. The Morgan fingerprint density at radius 2 is 2.11 bits per heavy atom. The number of nitrogens with zero attached hydrogens (tertiary/aromatic N) is 2. The van der Waals surface area contributed by atoms with Gasteiger partial charge in [-0.05, 0) is 51.8 Å². The van der Waals surface area contributed by atoms with Crippen LogP contribution >= 0.6 is 11.3 Å². The lowest BCUT2D eigenvalue weighted by atomic mass is 10.1. The molecule has 4 heteroatoms. The molecule has 3 nitrogen and oxygen atoms in total. The fourth-order valence-electron chi connectivity index (χ4n) is 2.33. The van der Waals surface area contributed by atoms with E-state index in [1.165, 1.54) is 21.7 Å². The molecular weight excluding hydrogens is 242 g/mol. The molecule has 0 aliphatic rings. The first-order chi connectivity index (χ1) is 8.50. The Morgan fingerprint density at radius 1 is 1.39 bits per heavy atom. The number of H-pyrrole nitrogens is 1. The van der Waals surface area contributed by atoms with E-state index in [1.54, 1.807) is 0 Å². The van der Waals surface area contributed by atoms with Crippen molar-refractivity contribution in [3.8, 4) is 0 Å². The molecule has 0 saturated heterocycles. The molecular formula is C14H21N3S. The summed E-state index contributed by atoms with van der Waals surface area (Å²) in [4.78, 5) is 3.83. The van der Waals surface area contributed by atoms with Gasteiger partial charge in [-0.15, -0.1) is 11.3 Å². The predicted octanol–water partition coefficient (Wildman–Crippen LogP) is 3.59. The standard InChI is InChI=1S/C14H21N3S/c1-9-6-7-18-13(9)8-17(5)12(4)14-10(2)15-16-11(14)3/h6-7,12H,8H2,1-5H3,(H,15,16). The molecule has 0 aliphatic carbocycles. The fraction of sp³-hybridized carbons (Fsp3) is 0.500. The van der Waals surface area contributed by atoms with E-state index >= 15 is 0 Å². The minimum absolute atomic E-state index is 0.380. The van der Waals surface area contributed by atoms with Crippen LogP contribution in [0, 0.1) is 20.8 Å². The lowest BCUT2D eigenvalue weighted by molar-refractivity contribution is 0.253. The maximum absolute atomic E-state index is 4.29. The summed E-state index contributed by atoms with van der Waals surface area (Å²) >= 11 is 1.84. The zero-order valence-electron chi connectivity index (χ0n) is 11.7. The van der Waals surface area contributed by atoms with Crippen molar-refractivity contribution in [1.29, 1.82) is 0 Å². The third-order valence-corrected chi connectivity index (χ3v) is 4.63. The maximum Gasteiger partial charge on any atom is 0.0641 e. The van der Waals surface area contributed by atoms with Gasteiger partial charge in [0.25, 0.3) is 0 Å². The first kappa shape index (κ1) is 13.3. The number of thiophene rings is 1. The second kappa shape index (κ2) is 5.24. The Balaban J connectivity index is 2.14. The van der Waals surface area contributed by atoms with Gasteiger partial charge < -0.3 is 0 Å². The van der Waals surface area contributed by atoms with E-state index in [2.05, 4.69) is 61.3 Å². The lowest BCUT2D eigenvalue weighted by Crippen LogP contribution is -2.22. The van der Waals surface area contributed by atoms with Crippen molar-refractivity contribution in [3.63, 3.8) is 0 Å². The highest BCUT2D eigenvalue weighted by Crippen LogP contribution is 2.27. The molecule has 0 aliphatic heterocycles. The van der Waals surface area contributed by atoms with Gasteiger partial charge in [-0.3, -0.25) is 10.00 Å². The van der Waals surface area contributed by atoms with E-state index < -0.39 is 0 Å². The second-order valence-corrected chi connectivity index (χ2v) is 5.97. The molecule has 0 spiro atoms. The molecule has 18 heavy (non-hydrogen) atoms. The third kappa shape index (κ3) is 2.49. The summed E-state index contributed by atoms with van der Waals surface area (Å²) in [6.07, 6.45) is 0. The summed E-state index contributed by atoms with van der Waals surface area (Å²) in [5.74, 6) is 0. The van der Waals surface area contributed by atoms with Crippen LogP contribution in [-0.2, 0) is 6.54 Å². The number of aryl methyl sites for hydroxylation is 3. The highest BCUT2D eigenvalue weighted by Gasteiger charge is 2.19. The van der Waals surface area contributed by atoms with Crippen LogP contribution in [-0.4, -0.2) is 22.1 Å². The highest BCUT2D eigenvalue weighted by molar-refractivity contribution is 7.10. The number of hydrogen-bond acceptors (Lipinski definition) is 3. The van der Waals surface area contributed by atoms with Crippen LogP contribution in [0.25, 0.3) is 0 Å². The van der Waals surface area contributed by atoms with Crippen LogP contribution in [0.3, 0.4) is 0 Å². The van der Waals surface area contributed by atoms with E-state index in [-0.39, 0.29) is 0 Å². The Morgan fingerprint density at radius 3 is 2.61 bits per heavy atom. The molecule has 1 atom stereocenters. The van der Waals surface area contributed by atoms with Crippen LogP contribution in [0.5, 0.6) is 0 Å². The lowest BCUT2D eigenvalue weighted by Gasteiger charge is -2.25. The fourth-order valence-corrected chi connectivity index (χ4v) is 3.29. The number of aromatic nitrogens is 2. The van der Waals surface area contributed by atoms with Crippen LogP contribution < -0.4 is 0 Å². The molecule has 0 radical (unpaired) electrons. The predicted molar refractivity (Wildman–Crippen MR) is 77.0 cm³/mol. The minimum Gasteiger partial charge on any atom is -0.294 e. The van der Waals surface area contributed by atoms with Gasteiger partial charge in [0.2, 0.25) is 0 Å². The molecule has 2 rings (SSSR count). The molecule has 2 aromatic rings. The maximum atomic E-state index is 4.29. The average Bonchev–Trinajstić information content (AvgIpc) is 2.86. The molecule has 98 valence electrons. The van der Waals surface area contributed by atoms with Gasteiger partial charge in [-0.1, -0.05) is 0 Å². The third-order valence-electron chi connectivity index (χ3n) is 3.63. The Kier molecular flexibility index (Phi) is 3.88. The highest BCUT2D eigenvalue weighted by atomic mass is 32.1. The SMILES string of the molecule is Cc1ccsc1CN(C)C(C)c1c(C)n[nH]c1C. The summed E-state index contributed by atoms with van der Waals surface area (Å²) in [6, 6.07) is 2.57. The summed E-state index contributed by atoms with van der Waals surface area (Å²) in [7, 11) is 2.18. The number of hydrogen-bond donors (Lipinski definition) is 1. The van der Waals surface area contributed by atoms with Crippen molar-refractivity contribution in [2.24, 2.45) is 0 Å². The van der Waals surface area contributed by atoms with Gasteiger partial charge in [0.1, 0.15) is 0 Å². The molecule has 0 bridgehead atoms. The van der Waals surface area contributed by atoms with Crippen molar-refractivity contribution in [1.82, 2.24) is 15.1 Å². The molecule has 2 aromatic heterocycles. The van der Waals surface area contributed by atoms with Crippen LogP contribution in [0.1, 0.15) is 40.4 Å². The van der Waals surface area contributed by atoms with E-state index in [0.29, 0.717) is 6.04 Å². The number of aromatic amines is 1. The summed E-state index contributed by atoms with van der Waals surface area (Å²) in [6.45, 7) is 9.58. The topological polar surface area (TPSA) is 31.9 Å². The average molecular weight is 263 g/mol. The summed E-state index contributed by atoms with van der Waals surface area (Å²) < 4.78 is 0. The van der Waals surface area contributed by atoms with E-state index in [0.717, 1.165) is 12.2 Å². The molecule has 1 N–H and O–H groups in total. The van der Waals surface area contributed by atoms with Gasteiger partial charge in [0.15, 0.2) is 0 Å². The van der Waals surface area contributed by atoms with E-state index in [9.17, 15) is 0 Å². The summed E-state index contributed by atoms with van der Waals surface area (Å²) in [5, 5.41) is 9.52. The van der Waals surface area contributed by atoms with Crippen molar-refractivity contribution < 1.29 is 0 Å². The van der Waals surface area contributed by atoms with Crippen LogP contribution in [0.15, 0.2) is 11.4 Å². The minimum atomic E-state index is 0.380. The van der Waals surface area contributed by atoms with Gasteiger partial charge in [-0.25, -0.2) is 0 Å². The van der Waals surface area contributed by atoms with E-state index in [1.807, 2.05) is 11.3 Å².